The van der Waals surface area contributed by atoms with Gasteiger partial charge in [0.2, 0.25) is 0 Å². The van der Waals surface area contributed by atoms with Crippen molar-refractivity contribution >= 4 is 5.69 Å². The zero-order valence-corrected chi connectivity index (χ0v) is 20.0. The van der Waals surface area contributed by atoms with Crippen LogP contribution in [0, 0.1) is 6.92 Å². The first-order valence-electron chi connectivity index (χ1n) is 11.7. The van der Waals surface area contributed by atoms with Crippen LogP contribution in [0.3, 0.4) is 0 Å². The third-order valence-corrected chi connectivity index (χ3v) is 5.95. The number of rotatable bonds is 7. The lowest BCUT2D eigenvalue weighted by molar-refractivity contribution is 0.122. The van der Waals surface area contributed by atoms with Gasteiger partial charge in [-0.2, -0.15) is 0 Å². The number of aryl methyl sites for hydroxylation is 1. The molecule has 1 aromatic carbocycles. The number of anilines is 1. The first kappa shape index (κ1) is 22.9. The van der Waals surface area contributed by atoms with Crippen molar-refractivity contribution < 1.29 is 9.47 Å². The Bertz CT molecular complexity index is 1310. The van der Waals surface area contributed by atoms with E-state index < -0.39 is 0 Å². The minimum atomic E-state index is 0.586. The van der Waals surface area contributed by atoms with Gasteiger partial charge in [-0.15, -0.1) is 0 Å². The summed E-state index contributed by atoms with van der Waals surface area (Å²) in [5.74, 6) is 2.20. The summed E-state index contributed by atoms with van der Waals surface area (Å²) in [5.41, 5.74) is 5.69. The maximum absolute atomic E-state index is 5.70. The lowest BCUT2D eigenvalue weighted by Gasteiger charge is -2.29. The summed E-state index contributed by atoms with van der Waals surface area (Å²) in [7, 11) is 1.70. The number of methoxy groups -OCH3 is 1. The van der Waals surface area contributed by atoms with Crippen molar-refractivity contribution in [3.05, 3.63) is 89.4 Å². The number of morpholine rings is 1. The van der Waals surface area contributed by atoms with Crippen molar-refractivity contribution in [1.82, 2.24) is 24.9 Å². The Balaban J connectivity index is 1.32. The number of nitrogens with zero attached hydrogens (tertiary/aromatic N) is 6. The van der Waals surface area contributed by atoms with Gasteiger partial charge in [-0.05, 0) is 37.3 Å². The number of pyridine rings is 1. The predicted molar refractivity (Wildman–Crippen MR) is 134 cm³/mol. The zero-order valence-electron chi connectivity index (χ0n) is 20.0. The van der Waals surface area contributed by atoms with Gasteiger partial charge in [0.05, 0.1) is 31.7 Å². The lowest BCUT2D eigenvalue weighted by Crippen LogP contribution is -2.36. The van der Waals surface area contributed by atoms with Crippen LogP contribution < -0.4 is 9.64 Å². The highest BCUT2D eigenvalue weighted by atomic mass is 16.5. The fourth-order valence-corrected chi connectivity index (χ4v) is 4.16. The first-order valence-corrected chi connectivity index (χ1v) is 11.7. The maximum Gasteiger partial charge on any atom is 0.178 e. The monoisotopic (exact) mass is 468 g/mol. The van der Waals surface area contributed by atoms with Crippen LogP contribution in [0.1, 0.15) is 28.5 Å². The Hall–Kier alpha value is -3.91. The first-order chi connectivity index (χ1) is 17.2. The summed E-state index contributed by atoms with van der Waals surface area (Å²) < 4.78 is 11.2. The van der Waals surface area contributed by atoms with Gasteiger partial charge in [0.1, 0.15) is 17.3 Å². The van der Waals surface area contributed by atoms with E-state index in [0.717, 1.165) is 71.9 Å². The molecular weight excluding hydrogens is 440 g/mol. The molecule has 0 radical (unpaired) electrons. The summed E-state index contributed by atoms with van der Waals surface area (Å²) in [5, 5.41) is 0. The molecule has 35 heavy (non-hydrogen) atoms. The fourth-order valence-electron chi connectivity index (χ4n) is 4.16. The van der Waals surface area contributed by atoms with E-state index in [1.54, 1.807) is 19.5 Å². The van der Waals surface area contributed by atoms with Crippen molar-refractivity contribution in [3.63, 3.8) is 0 Å². The molecule has 0 spiro atoms. The van der Waals surface area contributed by atoms with Crippen LogP contribution in [-0.4, -0.2) is 58.3 Å². The summed E-state index contributed by atoms with van der Waals surface area (Å²) in [6, 6.07) is 16.0. The highest BCUT2D eigenvalue weighted by molar-refractivity contribution is 5.54. The largest absolute Gasteiger partial charge is 0.496 e. The Morgan fingerprint density at radius 3 is 2.49 bits per heavy atom. The molecule has 0 saturated carbocycles. The second-order valence-electron chi connectivity index (χ2n) is 8.45. The van der Waals surface area contributed by atoms with Crippen LogP contribution >= 0.6 is 0 Å². The molecule has 8 nitrogen and oxygen atoms in total. The van der Waals surface area contributed by atoms with Gasteiger partial charge in [-0.1, -0.05) is 12.1 Å². The minimum Gasteiger partial charge on any atom is -0.496 e. The minimum absolute atomic E-state index is 0.586. The molecule has 1 aliphatic heterocycles. The van der Waals surface area contributed by atoms with E-state index in [9.17, 15) is 0 Å². The molecule has 0 amide bonds. The second kappa shape index (κ2) is 10.6. The van der Waals surface area contributed by atoms with Gasteiger partial charge in [-0.25, -0.2) is 24.9 Å². The maximum atomic E-state index is 5.70. The average Bonchev–Trinajstić information content (AvgIpc) is 2.90. The van der Waals surface area contributed by atoms with E-state index >= 15 is 0 Å². The van der Waals surface area contributed by atoms with E-state index in [1.165, 1.54) is 0 Å². The predicted octanol–water partition coefficient (Wildman–Crippen LogP) is 3.66. The molecule has 3 aromatic heterocycles. The van der Waals surface area contributed by atoms with Crippen molar-refractivity contribution in [2.24, 2.45) is 0 Å². The number of benzene rings is 1. The summed E-state index contributed by atoms with van der Waals surface area (Å²) >= 11 is 0. The SMILES string of the molecule is COc1cc(N2CCOCC2)ccc1Cc1nccc(Cc2ccnc(-c3cccc(C)n3)n2)n1. The van der Waals surface area contributed by atoms with Crippen molar-refractivity contribution in [2.45, 2.75) is 19.8 Å². The van der Waals surface area contributed by atoms with Crippen LogP contribution in [0.25, 0.3) is 11.5 Å². The summed E-state index contributed by atoms with van der Waals surface area (Å²) in [6.45, 7) is 5.23. The third-order valence-electron chi connectivity index (χ3n) is 5.95. The number of ether oxygens (including phenoxy) is 2. The molecule has 1 fully saturated rings. The normalized spacial score (nSPS) is 13.6. The van der Waals surface area contributed by atoms with Crippen LogP contribution in [-0.2, 0) is 17.6 Å². The van der Waals surface area contributed by atoms with E-state index in [-0.39, 0.29) is 0 Å². The molecule has 0 aliphatic carbocycles. The van der Waals surface area contributed by atoms with Gasteiger partial charge in [0, 0.05) is 61.3 Å². The van der Waals surface area contributed by atoms with Crippen LogP contribution in [0.5, 0.6) is 5.75 Å². The highest BCUT2D eigenvalue weighted by Crippen LogP contribution is 2.27. The standard InChI is InChI=1S/C27H28N6O2/c1-19-4-3-5-24(30-19)27-29-11-9-22(32-27)17-21-8-10-28-26(31-21)16-20-6-7-23(18-25(20)34-2)33-12-14-35-15-13-33/h3-11,18H,12-17H2,1-2H3. The van der Waals surface area contributed by atoms with Crippen LogP contribution in [0.2, 0.25) is 0 Å². The van der Waals surface area contributed by atoms with E-state index in [4.69, 9.17) is 19.4 Å². The van der Waals surface area contributed by atoms with E-state index in [2.05, 4.69) is 38.1 Å². The quantitative estimate of drug-likeness (QED) is 0.406. The van der Waals surface area contributed by atoms with Gasteiger partial charge < -0.3 is 14.4 Å². The zero-order chi connectivity index (χ0) is 24.0. The molecular formula is C27H28N6O2. The Morgan fingerprint density at radius 1 is 0.886 bits per heavy atom. The highest BCUT2D eigenvalue weighted by Gasteiger charge is 2.15. The molecule has 0 N–H and O–H groups in total. The van der Waals surface area contributed by atoms with Gasteiger partial charge >= 0.3 is 0 Å². The Labute approximate surface area is 205 Å². The second-order valence-corrected chi connectivity index (χ2v) is 8.45. The van der Waals surface area contributed by atoms with E-state index in [0.29, 0.717) is 18.7 Å². The number of aromatic nitrogens is 5. The van der Waals surface area contributed by atoms with Crippen molar-refractivity contribution in [2.75, 3.05) is 38.3 Å². The van der Waals surface area contributed by atoms with Crippen molar-refractivity contribution in [3.8, 4) is 17.3 Å². The third kappa shape index (κ3) is 5.60. The molecule has 0 unspecified atom stereocenters. The Kier molecular flexibility index (Phi) is 6.90. The molecule has 0 atom stereocenters. The molecule has 1 aliphatic rings. The fraction of sp³-hybridized carbons (Fsp3) is 0.296. The Morgan fingerprint density at radius 2 is 1.69 bits per heavy atom. The van der Waals surface area contributed by atoms with Gasteiger partial charge in [-0.3, -0.25) is 0 Å². The number of hydrogen-bond donors (Lipinski definition) is 0. The molecule has 8 heteroatoms. The number of hydrogen-bond acceptors (Lipinski definition) is 8. The van der Waals surface area contributed by atoms with Crippen molar-refractivity contribution in [1.29, 1.82) is 0 Å². The molecule has 4 heterocycles. The molecule has 1 saturated heterocycles. The molecule has 178 valence electrons. The van der Waals surface area contributed by atoms with Crippen LogP contribution in [0.4, 0.5) is 5.69 Å². The topological polar surface area (TPSA) is 86.2 Å². The summed E-state index contributed by atoms with van der Waals surface area (Å²) in [4.78, 5) is 25.3. The van der Waals surface area contributed by atoms with Gasteiger partial charge in [0.15, 0.2) is 5.82 Å². The smallest absolute Gasteiger partial charge is 0.178 e. The molecule has 4 aromatic rings. The lowest BCUT2D eigenvalue weighted by atomic mass is 10.1. The van der Waals surface area contributed by atoms with Crippen LogP contribution in [0.15, 0.2) is 60.9 Å². The van der Waals surface area contributed by atoms with E-state index in [1.807, 2.05) is 37.3 Å². The molecule has 0 bridgehead atoms. The summed E-state index contributed by atoms with van der Waals surface area (Å²) in [6.07, 6.45) is 4.74. The van der Waals surface area contributed by atoms with Gasteiger partial charge in [0.25, 0.3) is 0 Å². The molecule has 5 rings (SSSR count). The average molecular weight is 469 g/mol.